The summed E-state index contributed by atoms with van der Waals surface area (Å²) in [7, 11) is 1.73. The molecule has 0 N–H and O–H groups in total. The Morgan fingerprint density at radius 2 is 1.94 bits per heavy atom. The molecular formula is C15H17NO2. The van der Waals surface area contributed by atoms with Crippen LogP contribution in [0, 0.1) is 5.92 Å². The average Bonchev–Trinajstić information content (AvgIpc) is 2.36. The van der Waals surface area contributed by atoms with Crippen LogP contribution in [-0.2, 0) is 4.79 Å². The topological polar surface area (TPSA) is 37.4 Å². The van der Waals surface area contributed by atoms with E-state index in [2.05, 4.69) is 0 Å². The number of rotatable bonds is 2. The van der Waals surface area contributed by atoms with Crippen molar-refractivity contribution in [1.82, 2.24) is 0 Å². The number of benzene rings is 1. The van der Waals surface area contributed by atoms with Gasteiger partial charge in [0, 0.05) is 12.6 Å². The molecule has 0 fully saturated rings. The molecule has 1 unspecified atom stereocenters. The normalized spacial score (nSPS) is 18.6. The van der Waals surface area contributed by atoms with Gasteiger partial charge in [-0.3, -0.25) is 9.59 Å². The van der Waals surface area contributed by atoms with Gasteiger partial charge in [0.15, 0.2) is 5.78 Å². The van der Waals surface area contributed by atoms with Gasteiger partial charge in [0.25, 0.3) is 0 Å². The molecule has 1 aliphatic rings. The lowest BCUT2D eigenvalue weighted by Gasteiger charge is -2.29. The Labute approximate surface area is 107 Å². The van der Waals surface area contributed by atoms with Gasteiger partial charge in [0.2, 0.25) is 5.91 Å². The van der Waals surface area contributed by atoms with Crippen LogP contribution in [0.2, 0.25) is 0 Å². The van der Waals surface area contributed by atoms with Crippen LogP contribution in [0.5, 0.6) is 0 Å². The second-order valence-corrected chi connectivity index (χ2v) is 4.85. The Kier molecular flexibility index (Phi) is 3.32. The van der Waals surface area contributed by atoms with Crippen molar-refractivity contribution >= 4 is 17.4 Å². The molecule has 0 aromatic heterocycles. The van der Waals surface area contributed by atoms with Crippen LogP contribution < -0.4 is 4.90 Å². The zero-order valence-corrected chi connectivity index (χ0v) is 10.9. The summed E-state index contributed by atoms with van der Waals surface area (Å²) in [5.74, 6) is -0.748. The highest BCUT2D eigenvalue weighted by molar-refractivity contribution is 6.21. The minimum Gasteiger partial charge on any atom is -0.314 e. The molecule has 0 spiro atoms. The molecule has 3 heteroatoms. The predicted octanol–water partition coefficient (Wildman–Crippen LogP) is 2.82. The third kappa shape index (κ3) is 2.08. The van der Waals surface area contributed by atoms with Gasteiger partial charge in [-0.25, -0.2) is 0 Å². The van der Waals surface area contributed by atoms with Gasteiger partial charge in [-0.15, -0.1) is 0 Å². The Morgan fingerprint density at radius 1 is 1.28 bits per heavy atom. The number of carbonyl (C=O) groups is 2. The molecule has 3 nitrogen and oxygen atoms in total. The number of nitrogens with zero attached hydrogens (tertiary/aromatic N) is 1. The molecule has 2 rings (SSSR count). The maximum atomic E-state index is 12.3. The van der Waals surface area contributed by atoms with Gasteiger partial charge in [-0.1, -0.05) is 23.8 Å². The van der Waals surface area contributed by atoms with Crippen molar-refractivity contribution in [1.29, 1.82) is 0 Å². The number of carbonyl (C=O) groups excluding carboxylic acids is 2. The van der Waals surface area contributed by atoms with Gasteiger partial charge in [-0.2, -0.15) is 0 Å². The highest BCUT2D eigenvalue weighted by atomic mass is 16.2. The van der Waals surface area contributed by atoms with Crippen LogP contribution in [0.3, 0.4) is 0 Å². The van der Waals surface area contributed by atoms with Crippen LogP contribution in [0.25, 0.3) is 0 Å². The van der Waals surface area contributed by atoms with E-state index in [4.69, 9.17) is 0 Å². The van der Waals surface area contributed by atoms with Crippen LogP contribution >= 0.6 is 0 Å². The largest absolute Gasteiger partial charge is 0.314 e. The van der Waals surface area contributed by atoms with Crippen molar-refractivity contribution in [3.63, 3.8) is 0 Å². The second-order valence-electron chi connectivity index (χ2n) is 4.85. The van der Waals surface area contributed by atoms with Crippen molar-refractivity contribution in [3.05, 3.63) is 41.5 Å². The van der Waals surface area contributed by atoms with E-state index in [-0.39, 0.29) is 11.7 Å². The molecule has 94 valence electrons. The SMILES string of the molecule is CC(C)=CCC1C(=O)c2ccccc2N(C)C1=O. The number of hydrogen-bond acceptors (Lipinski definition) is 2. The number of Topliss-reactive ketones (excluding diaryl/α,β-unsaturated/α-hetero) is 1. The predicted molar refractivity (Wildman–Crippen MR) is 71.7 cm³/mol. The summed E-state index contributed by atoms with van der Waals surface area (Å²) < 4.78 is 0. The van der Waals surface area contributed by atoms with E-state index in [1.165, 1.54) is 0 Å². The first-order valence-corrected chi connectivity index (χ1v) is 6.06. The Hall–Kier alpha value is -1.90. The molecule has 0 radical (unpaired) electrons. The van der Waals surface area contributed by atoms with E-state index in [1.54, 1.807) is 18.0 Å². The zero-order chi connectivity index (χ0) is 13.3. The molecule has 1 heterocycles. The van der Waals surface area contributed by atoms with E-state index < -0.39 is 5.92 Å². The summed E-state index contributed by atoms with van der Waals surface area (Å²) in [4.78, 5) is 26.1. The van der Waals surface area contributed by atoms with Crippen molar-refractivity contribution in [2.75, 3.05) is 11.9 Å². The van der Waals surface area contributed by atoms with E-state index >= 15 is 0 Å². The van der Waals surface area contributed by atoms with Crippen LogP contribution in [0.4, 0.5) is 5.69 Å². The lowest BCUT2D eigenvalue weighted by atomic mass is 9.88. The molecule has 0 bridgehead atoms. The van der Waals surface area contributed by atoms with E-state index in [0.29, 0.717) is 17.7 Å². The summed E-state index contributed by atoms with van der Waals surface area (Å²) in [5.41, 5.74) is 2.48. The monoisotopic (exact) mass is 243 g/mol. The number of para-hydroxylation sites is 1. The quantitative estimate of drug-likeness (QED) is 0.591. The number of hydrogen-bond donors (Lipinski definition) is 0. The van der Waals surface area contributed by atoms with E-state index in [9.17, 15) is 9.59 Å². The highest BCUT2D eigenvalue weighted by Gasteiger charge is 2.36. The van der Waals surface area contributed by atoms with Gasteiger partial charge in [0.05, 0.1) is 5.69 Å². The van der Waals surface area contributed by atoms with Gasteiger partial charge >= 0.3 is 0 Å². The van der Waals surface area contributed by atoms with Crippen LogP contribution in [0.1, 0.15) is 30.6 Å². The minimum absolute atomic E-state index is 0.0637. The summed E-state index contributed by atoms with van der Waals surface area (Å²) in [6.07, 6.45) is 2.43. The average molecular weight is 243 g/mol. The first-order chi connectivity index (χ1) is 8.52. The maximum absolute atomic E-state index is 12.3. The molecule has 0 aliphatic carbocycles. The van der Waals surface area contributed by atoms with E-state index in [0.717, 1.165) is 5.57 Å². The number of amides is 1. The lowest BCUT2D eigenvalue weighted by Crippen LogP contribution is -2.42. The summed E-state index contributed by atoms with van der Waals surface area (Å²) >= 11 is 0. The number of anilines is 1. The molecule has 0 saturated heterocycles. The molecular weight excluding hydrogens is 226 g/mol. The smallest absolute Gasteiger partial charge is 0.238 e. The molecule has 1 aromatic rings. The number of fused-ring (bicyclic) bond motifs is 1. The van der Waals surface area contributed by atoms with Crippen molar-refractivity contribution in [2.45, 2.75) is 20.3 Å². The highest BCUT2D eigenvalue weighted by Crippen LogP contribution is 2.31. The first-order valence-electron chi connectivity index (χ1n) is 6.06. The van der Waals surface area contributed by atoms with Crippen molar-refractivity contribution < 1.29 is 9.59 Å². The summed E-state index contributed by atoms with van der Waals surface area (Å²) in [6.45, 7) is 3.94. The summed E-state index contributed by atoms with van der Waals surface area (Å²) in [6, 6.07) is 7.27. The summed E-state index contributed by atoms with van der Waals surface area (Å²) in [5, 5.41) is 0. The molecule has 1 amide bonds. The fourth-order valence-electron chi connectivity index (χ4n) is 2.19. The fraction of sp³-hybridized carbons (Fsp3) is 0.333. The minimum atomic E-state index is -0.570. The van der Waals surface area contributed by atoms with Crippen molar-refractivity contribution in [3.8, 4) is 0 Å². The van der Waals surface area contributed by atoms with Crippen LogP contribution in [0.15, 0.2) is 35.9 Å². The molecule has 18 heavy (non-hydrogen) atoms. The zero-order valence-electron chi connectivity index (χ0n) is 10.9. The van der Waals surface area contributed by atoms with Crippen LogP contribution in [-0.4, -0.2) is 18.7 Å². The standard InChI is InChI=1S/C15H17NO2/c1-10(2)8-9-12-14(17)11-6-4-5-7-13(11)16(3)15(12)18/h4-8,12H,9H2,1-3H3. The Morgan fingerprint density at radius 3 is 2.61 bits per heavy atom. The second kappa shape index (κ2) is 4.77. The fourth-order valence-corrected chi connectivity index (χ4v) is 2.19. The third-order valence-electron chi connectivity index (χ3n) is 3.24. The first kappa shape index (κ1) is 12.6. The maximum Gasteiger partial charge on any atom is 0.238 e. The molecule has 0 saturated carbocycles. The van der Waals surface area contributed by atoms with Gasteiger partial charge in [-0.05, 0) is 32.4 Å². The molecule has 1 aliphatic heterocycles. The van der Waals surface area contributed by atoms with E-state index in [1.807, 2.05) is 38.1 Å². The third-order valence-corrected chi connectivity index (χ3v) is 3.24. The van der Waals surface area contributed by atoms with Gasteiger partial charge < -0.3 is 4.90 Å². The van der Waals surface area contributed by atoms with Gasteiger partial charge in [0.1, 0.15) is 5.92 Å². The number of allylic oxidation sites excluding steroid dienone is 2. The number of ketones is 1. The van der Waals surface area contributed by atoms with Crippen molar-refractivity contribution in [2.24, 2.45) is 5.92 Å². The Balaban J connectivity index is 2.39. The molecule has 1 atom stereocenters. The molecule has 1 aromatic carbocycles. The lowest BCUT2D eigenvalue weighted by molar-refractivity contribution is -0.120. The Bertz CT molecular complexity index is 527.